The number of ether oxygens (including phenoxy) is 2. The molecule has 0 fully saturated rings. The highest BCUT2D eigenvalue weighted by molar-refractivity contribution is 5.99. The van der Waals surface area contributed by atoms with Gasteiger partial charge in [0.15, 0.2) is 11.5 Å². The lowest BCUT2D eigenvalue weighted by molar-refractivity contribution is -0.385. The van der Waals surface area contributed by atoms with Crippen molar-refractivity contribution >= 4 is 22.5 Å². The summed E-state index contributed by atoms with van der Waals surface area (Å²) in [6.07, 6.45) is 0.664. The monoisotopic (exact) mass is 395 g/mol. The summed E-state index contributed by atoms with van der Waals surface area (Å²) < 4.78 is 10.7. The molecule has 1 aliphatic rings. The number of benzene rings is 2. The van der Waals surface area contributed by atoms with Crippen LogP contribution in [-0.4, -0.2) is 41.0 Å². The predicted octanol–water partition coefficient (Wildman–Crippen LogP) is 3.68. The van der Waals surface area contributed by atoms with Gasteiger partial charge in [0.05, 0.1) is 24.7 Å². The zero-order valence-corrected chi connectivity index (χ0v) is 16.2. The van der Waals surface area contributed by atoms with Gasteiger partial charge in [0, 0.05) is 47.7 Å². The van der Waals surface area contributed by atoms with Gasteiger partial charge in [-0.15, -0.1) is 0 Å². The van der Waals surface area contributed by atoms with Crippen molar-refractivity contribution < 1.29 is 19.2 Å². The van der Waals surface area contributed by atoms with E-state index in [4.69, 9.17) is 9.47 Å². The molecular formula is C21H21N3O5. The minimum absolute atomic E-state index is 0.00130. The fourth-order valence-corrected chi connectivity index (χ4v) is 3.81. The number of carbonyl (C=O) groups is 1. The number of rotatable bonds is 5. The van der Waals surface area contributed by atoms with Crippen LogP contribution < -0.4 is 9.47 Å². The molecule has 0 saturated carbocycles. The van der Waals surface area contributed by atoms with Gasteiger partial charge in [0.1, 0.15) is 5.56 Å². The minimum atomic E-state index is -0.559. The maximum atomic E-state index is 13.2. The zero-order chi connectivity index (χ0) is 20.5. The Labute approximate surface area is 167 Å². The summed E-state index contributed by atoms with van der Waals surface area (Å²) >= 11 is 0. The Bertz CT molecular complexity index is 1110. The van der Waals surface area contributed by atoms with E-state index in [-0.39, 0.29) is 17.0 Å². The summed E-state index contributed by atoms with van der Waals surface area (Å²) in [7, 11) is 1.44. The van der Waals surface area contributed by atoms with E-state index < -0.39 is 10.8 Å². The Morgan fingerprint density at radius 2 is 2.07 bits per heavy atom. The molecule has 2 heterocycles. The van der Waals surface area contributed by atoms with Crippen molar-refractivity contribution in [2.75, 3.05) is 20.3 Å². The number of para-hydroxylation sites is 1. The van der Waals surface area contributed by atoms with Gasteiger partial charge >= 0.3 is 0 Å². The third-order valence-corrected chi connectivity index (χ3v) is 5.18. The Balaban J connectivity index is 1.72. The van der Waals surface area contributed by atoms with Crippen LogP contribution >= 0.6 is 0 Å². The van der Waals surface area contributed by atoms with Crippen LogP contribution in [0.1, 0.15) is 28.5 Å². The molecule has 1 amide bonds. The number of amides is 1. The second-order valence-corrected chi connectivity index (χ2v) is 6.81. The first-order valence-corrected chi connectivity index (χ1v) is 9.40. The first-order chi connectivity index (χ1) is 14.0. The average molecular weight is 395 g/mol. The van der Waals surface area contributed by atoms with Gasteiger partial charge in [-0.25, -0.2) is 0 Å². The molecule has 8 nitrogen and oxygen atoms in total. The Hall–Kier alpha value is -3.55. The lowest BCUT2D eigenvalue weighted by Crippen LogP contribution is -2.36. The topological polar surface area (TPSA) is 97.7 Å². The molecule has 3 aromatic rings. The fraction of sp³-hybridized carbons (Fsp3) is 0.286. The van der Waals surface area contributed by atoms with Crippen LogP contribution in [0.15, 0.2) is 36.4 Å². The Kier molecular flexibility index (Phi) is 4.84. The molecule has 4 rings (SSSR count). The first kappa shape index (κ1) is 18.8. The van der Waals surface area contributed by atoms with Crippen LogP contribution in [0.2, 0.25) is 0 Å². The van der Waals surface area contributed by atoms with Crippen LogP contribution in [0, 0.1) is 10.1 Å². The maximum absolute atomic E-state index is 13.2. The quantitative estimate of drug-likeness (QED) is 0.525. The highest BCUT2D eigenvalue weighted by Crippen LogP contribution is 2.36. The molecule has 0 unspecified atom stereocenters. The molecule has 29 heavy (non-hydrogen) atoms. The largest absolute Gasteiger partial charge is 0.493 e. The standard InChI is InChI=1S/C21H21N3O5/c1-3-29-20-11-18(24(26)27)14(10-19(20)28-2)21(25)23-9-8-17-15(12-23)13-6-4-5-7-16(13)22-17/h4-7,10-11,22H,3,8-9,12H2,1-2H3. The van der Waals surface area contributed by atoms with Gasteiger partial charge in [-0.2, -0.15) is 0 Å². The number of nitrogens with one attached hydrogen (secondary N) is 1. The minimum Gasteiger partial charge on any atom is -0.493 e. The summed E-state index contributed by atoms with van der Waals surface area (Å²) in [5.41, 5.74) is 2.90. The molecule has 1 aliphatic heterocycles. The van der Waals surface area contributed by atoms with Gasteiger partial charge in [0.25, 0.3) is 11.6 Å². The summed E-state index contributed by atoms with van der Waals surface area (Å²) in [6, 6.07) is 10.6. The zero-order valence-electron chi connectivity index (χ0n) is 16.2. The molecule has 0 spiro atoms. The third kappa shape index (κ3) is 3.26. The van der Waals surface area contributed by atoms with Crippen LogP contribution in [0.25, 0.3) is 10.9 Å². The molecule has 2 aromatic carbocycles. The van der Waals surface area contributed by atoms with Crippen molar-refractivity contribution in [2.24, 2.45) is 0 Å². The number of aromatic nitrogens is 1. The van der Waals surface area contributed by atoms with Crippen molar-refractivity contribution in [1.82, 2.24) is 9.88 Å². The molecule has 0 aliphatic carbocycles. The van der Waals surface area contributed by atoms with Crippen LogP contribution in [0.3, 0.4) is 0 Å². The fourth-order valence-electron chi connectivity index (χ4n) is 3.81. The van der Waals surface area contributed by atoms with Gasteiger partial charge < -0.3 is 19.4 Å². The molecule has 0 bridgehead atoms. The highest BCUT2D eigenvalue weighted by Gasteiger charge is 2.31. The predicted molar refractivity (Wildman–Crippen MR) is 108 cm³/mol. The van der Waals surface area contributed by atoms with Crippen molar-refractivity contribution in [3.63, 3.8) is 0 Å². The highest BCUT2D eigenvalue weighted by atomic mass is 16.6. The van der Waals surface area contributed by atoms with Crippen molar-refractivity contribution in [3.05, 3.63) is 63.3 Å². The number of hydrogen-bond donors (Lipinski definition) is 1. The summed E-state index contributed by atoms with van der Waals surface area (Å²) in [5, 5.41) is 12.7. The van der Waals surface area contributed by atoms with E-state index in [2.05, 4.69) is 4.98 Å². The lowest BCUT2D eigenvalue weighted by Gasteiger charge is -2.27. The maximum Gasteiger partial charge on any atom is 0.286 e. The van der Waals surface area contributed by atoms with E-state index in [1.165, 1.54) is 19.2 Å². The average Bonchev–Trinajstić information content (AvgIpc) is 3.11. The van der Waals surface area contributed by atoms with Crippen LogP contribution in [0.4, 0.5) is 5.69 Å². The van der Waals surface area contributed by atoms with E-state index in [0.717, 1.165) is 22.2 Å². The Morgan fingerprint density at radius 3 is 2.79 bits per heavy atom. The lowest BCUT2D eigenvalue weighted by atomic mass is 10.0. The van der Waals surface area contributed by atoms with Gasteiger partial charge in [-0.1, -0.05) is 18.2 Å². The number of nitro benzene ring substituents is 1. The van der Waals surface area contributed by atoms with E-state index in [0.29, 0.717) is 31.9 Å². The van der Waals surface area contributed by atoms with E-state index in [1.807, 2.05) is 24.3 Å². The molecule has 0 saturated heterocycles. The first-order valence-electron chi connectivity index (χ1n) is 9.40. The number of nitrogens with zero attached hydrogens (tertiary/aromatic N) is 2. The van der Waals surface area contributed by atoms with Gasteiger partial charge in [-0.05, 0) is 13.0 Å². The second-order valence-electron chi connectivity index (χ2n) is 6.81. The SMILES string of the molecule is CCOc1cc([N+](=O)[O-])c(C(=O)N2CCc3[nH]c4ccccc4c3C2)cc1OC. The number of methoxy groups -OCH3 is 1. The molecule has 150 valence electrons. The summed E-state index contributed by atoms with van der Waals surface area (Å²) in [4.78, 5) is 29.4. The molecular weight excluding hydrogens is 374 g/mol. The normalized spacial score (nSPS) is 13.2. The smallest absolute Gasteiger partial charge is 0.286 e. The molecule has 0 radical (unpaired) electrons. The van der Waals surface area contributed by atoms with E-state index in [9.17, 15) is 14.9 Å². The Morgan fingerprint density at radius 1 is 1.28 bits per heavy atom. The van der Waals surface area contributed by atoms with E-state index in [1.54, 1.807) is 11.8 Å². The third-order valence-electron chi connectivity index (χ3n) is 5.18. The van der Waals surface area contributed by atoms with Crippen molar-refractivity contribution in [2.45, 2.75) is 19.9 Å². The number of fused-ring (bicyclic) bond motifs is 3. The second kappa shape index (κ2) is 7.46. The number of carbonyl (C=O) groups excluding carboxylic acids is 1. The van der Waals surface area contributed by atoms with Crippen molar-refractivity contribution in [1.29, 1.82) is 0 Å². The number of nitro groups is 1. The van der Waals surface area contributed by atoms with E-state index >= 15 is 0 Å². The molecule has 1 aromatic heterocycles. The van der Waals surface area contributed by atoms with Crippen LogP contribution in [-0.2, 0) is 13.0 Å². The molecule has 0 atom stereocenters. The number of aromatic amines is 1. The summed E-state index contributed by atoms with van der Waals surface area (Å²) in [6.45, 7) is 2.98. The molecule has 1 N–H and O–H groups in total. The van der Waals surface area contributed by atoms with Crippen LogP contribution in [0.5, 0.6) is 11.5 Å². The summed E-state index contributed by atoms with van der Waals surface area (Å²) in [5.74, 6) is 0.149. The van der Waals surface area contributed by atoms with Crippen molar-refractivity contribution in [3.8, 4) is 11.5 Å². The van der Waals surface area contributed by atoms with Gasteiger partial charge in [0.2, 0.25) is 0 Å². The number of hydrogen-bond acceptors (Lipinski definition) is 5. The molecule has 8 heteroatoms. The number of H-pyrrole nitrogens is 1. The van der Waals surface area contributed by atoms with Gasteiger partial charge in [-0.3, -0.25) is 14.9 Å².